The van der Waals surface area contributed by atoms with Crippen LogP contribution in [0.4, 0.5) is 5.69 Å². The fourth-order valence-electron chi connectivity index (χ4n) is 1.54. The van der Waals surface area contributed by atoms with Gasteiger partial charge in [0, 0.05) is 26.3 Å². The maximum Gasteiger partial charge on any atom is 0.310 e. The molecule has 0 amide bonds. The summed E-state index contributed by atoms with van der Waals surface area (Å²) in [4.78, 5) is 10.5. The number of benzene rings is 1. The van der Waals surface area contributed by atoms with Gasteiger partial charge in [0.1, 0.15) is 6.61 Å². The third-order valence-electron chi connectivity index (χ3n) is 2.51. The van der Waals surface area contributed by atoms with Crippen LogP contribution in [0.1, 0.15) is 12.5 Å². The number of nitrogens with one attached hydrogen (secondary N) is 1. The van der Waals surface area contributed by atoms with Crippen LogP contribution in [-0.4, -0.2) is 31.8 Å². The molecule has 1 aromatic rings. The molecule has 1 rings (SSSR count). The van der Waals surface area contributed by atoms with Gasteiger partial charge < -0.3 is 14.8 Å². The van der Waals surface area contributed by atoms with Gasteiger partial charge in [0.2, 0.25) is 0 Å². The number of rotatable bonds is 9. The van der Waals surface area contributed by atoms with Crippen molar-refractivity contribution in [2.75, 3.05) is 26.9 Å². The fourth-order valence-corrected chi connectivity index (χ4v) is 1.54. The van der Waals surface area contributed by atoms with Gasteiger partial charge in [-0.05, 0) is 24.1 Å². The van der Waals surface area contributed by atoms with Crippen LogP contribution in [0.15, 0.2) is 30.4 Å². The third kappa shape index (κ3) is 5.38. The number of methoxy groups -OCH3 is 1. The summed E-state index contributed by atoms with van der Waals surface area (Å²) in [5.41, 5.74) is 1.69. The summed E-state index contributed by atoms with van der Waals surface area (Å²) >= 11 is 0. The van der Waals surface area contributed by atoms with E-state index >= 15 is 0 Å². The lowest BCUT2D eigenvalue weighted by Gasteiger charge is -2.09. The van der Waals surface area contributed by atoms with Crippen molar-refractivity contribution < 1.29 is 14.4 Å². The van der Waals surface area contributed by atoms with E-state index in [-0.39, 0.29) is 18.0 Å². The number of ether oxygens (including phenoxy) is 2. The average Bonchev–Trinajstić information content (AvgIpc) is 2.41. The molecular weight excluding hydrogens is 260 g/mol. The van der Waals surface area contributed by atoms with Crippen molar-refractivity contribution in [3.63, 3.8) is 0 Å². The molecule has 6 heteroatoms. The van der Waals surface area contributed by atoms with E-state index in [0.29, 0.717) is 13.2 Å². The first-order valence-electron chi connectivity index (χ1n) is 6.28. The SMILES string of the molecule is C=C(C)COc1cc(CNCCOC)ccc1[N+](=O)[O-]. The topological polar surface area (TPSA) is 73.6 Å². The van der Waals surface area contributed by atoms with E-state index in [2.05, 4.69) is 11.9 Å². The lowest BCUT2D eigenvalue weighted by Crippen LogP contribution is -2.18. The first-order valence-corrected chi connectivity index (χ1v) is 6.28. The van der Waals surface area contributed by atoms with Crippen molar-refractivity contribution in [1.82, 2.24) is 5.32 Å². The molecule has 6 nitrogen and oxygen atoms in total. The minimum Gasteiger partial charge on any atom is -0.482 e. The van der Waals surface area contributed by atoms with E-state index in [1.165, 1.54) is 6.07 Å². The molecule has 0 atom stereocenters. The molecule has 0 spiro atoms. The van der Waals surface area contributed by atoms with Crippen LogP contribution in [0.2, 0.25) is 0 Å². The fraction of sp³-hybridized carbons (Fsp3) is 0.429. The lowest BCUT2D eigenvalue weighted by atomic mass is 10.2. The highest BCUT2D eigenvalue weighted by Crippen LogP contribution is 2.28. The Kier molecular flexibility index (Phi) is 6.69. The first kappa shape index (κ1) is 16.1. The summed E-state index contributed by atoms with van der Waals surface area (Å²) in [6.07, 6.45) is 0. The highest BCUT2D eigenvalue weighted by Gasteiger charge is 2.15. The van der Waals surface area contributed by atoms with Gasteiger partial charge in [-0.2, -0.15) is 0 Å². The van der Waals surface area contributed by atoms with Crippen molar-refractivity contribution >= 4 is 5.69 Å². The molecule has 20 heavy (non-hydrogen) atoms. The molecule has 0 bridgehead atoms. The smallest absolute Gasteiger partial charge is 0.310 e. The van der Waals surface area contributed by atoms with Gasteiger partial charge in [0.25, 0.3) is 0 Å². The zero-order valence-electron chi connectivity index (χ0n) is 11.8. The summed E-state index contributed by atoms with van der Waals surface area (Å²) in [7, 11) is 1.64. The second kappa shape index (κ2) is 8.29. The summed E-state index contributed by atoms with van der Waals surface area (Å²) in [6, 6.07) is 4.85. The third-order valence-corrected chi connectivity index (χ3v) is 2.51. The zero-order valence-corrected chi connectivity index (χ0v) is 11.8. The van der Waals surface area contributed by atoms with Gasteiger partial charge in [-0.25, -0.2) is 0 Å². The molecule has 110 valence electrons. The van der Waals surface area contributed by atoms with E-state index in [9.17, 15) is 10.1 Å². The Labute approximate surface area is 118 Å². The predicted octanol–water partition coefficient (Wildman–Crippen LogP) is 2.29. The monoisotopic (exact) mass is 280 g/mol. The molecular formula is C14H20N2O4. The van der Waals surface area contributed by atoms with Crippen LogP contribution >= 0.6 is 0 Å². The number of hydrogen-bond donors (Lipinski definition) is 1. The normalized spacial score (nSPS) is 10.3. The molecule has 0 aliphatic carbocycles. The molecule has 0 saturated heterocycles. The van der Waals surface area contributed by atoms with Gasteiger partial charge in [-0.1, -0.05) is 12.6 Å². The van der Waals surface area contributed by atoms with E-state index in [1.54, 1.807) is 19.2 Å². The van der Waals surface area contributed by atoms with E-state index < -0.39 is 4.92 Å². The predicted molar refractivity (Wildman–Crippen MR) is 77.0 cm³/mol. The molecule has 0 unspecified atom stereocenters. The number of nitro groups is 1. The minimum atomic E-state index is -0.449. The second-order valence-electron chi connectivity index (χ2n) is 4.47. The largest absolute Gasteiger partial charge is 0.482 e. The minimum absolute atomic E-state index is 0.0353. The Morgan fingerprint density at radius 2 is 2.25 bits per heavy atom. The number of nitro benzene ring substituents is 1. The Balaban J connectivity index is 2.75. The number of hydrogen-bond acceptors (Lipinski definition) is 5. The van der Waals surface area contributed by atoms with Gasteiger partial charge in [0.15, 0.2) is 5.75 Å². The summed E-state index contributed by atoms with van der Waals surface area (Å²) in [6.45, 7) is 7.73. The maximum atomic E-state index is 10.9. The maximum absolute atomic E-state index is 10.9. The summed E-state index contributed by atoms with van der Waals surface area (Å²) in [5, 5.41) is 14.1. The quantitative estimate of drug-likeness (QED) is 0.325. The number of nitrogens with zero attached hydrogens (tertiary/aromatic N) is 1. The molecule has 0 aliphatic heterocycles. The summed E-state index contributed by atoms with van der Waals surface area (Å²) < 4.78 is 10.4. The molecule has 0 aliphatic rings. The van der Waals surface area contributed by atoms with E-state index in [0.717, 1.165) is 17.7 Å². The van der Waals surface area contributed by atoms with Crippen molar-refractivity contribution in [2.45, 2.75) is 13.5 Å². The van der Waals surface area contributed by atoms with Crippen molar-refractivity contribution in [1.29, 1.82) is 0 Å². The highest BCUT2D eigenvalue weighted by atomic mass is 16.6. The van der Waals surface area contributed by atoms with E-state index in [4.69, 9.17) is 9.47 Å². The molecule has 0 fully saturated rings. The van der Waals surface area contributed by atoms with Gasteiger partial charge in [-0.3, -0.25) is 10.1 Å². The molecule has 0 heterocycles. The van der Waals surface area contributed by atoms with Gasteiger partial charge >= 0.3 is 5.69 Å². The van der Waals surface area contributed by atoms with Crippen LogP contribution in [0.5, 0.6) is 5.75 Å². The van der Waals surface area contributed by atoms with Crippen LogP contribution < -0.4 is 10.1 Å². The van der Waals surface area contributed by atoms with Crippen LogP contribution in [0.25, 0.3) is 0 Å². The van der Waals surface area contributed by atoms with Crippen molar-refractivity contribution in [3.8, 4) is 5.75 Å². The lowest BCUT2D eigenvalue weighted by molar-refractivity contribution is -0.385. The standard InChI is InChI=1S/C14H20N2O4/c1-11(2)10-20-14-8-12(9-15-6-7-19-3)4-5-13(14)16(17)18/h4-5,8,15H,1,6-7,9-10H2,2-3H3. The van der Waals surface area contributed by atoms with Crippen LogP contribution in [0.3, 0.4) is 0 Å². The van der Waals surface area contributed by atoms with Crippen LogP contribution in [0, 0.1) is 10.1 Å². The van der Waals surface area contributed by atoms with Crippen molar-refractivity contribution in [2.24, 2.45) is 0 Å². The Morgan fingerprint density at radius 1 is 1.50 bits per heavy atom. The molecule has 0 saturated carbocycles. The van der Waals surface area contributed by atoms with E-state index in [1.807, 2.05) is 6.92 Å². The molecule has 1 N–H and O–H groups in total. The zero-order chi connectivity index (χ0) is 15.0. The Bertz CT molecular complexity index is 474. The first-order chi connectivity index (χ1) is 9.54. The molecule has 1 aromatic carbocycles. The van der Waals surface area contributed by atoms with Crippen molar-refractivity contribution in [3.05, 3.63) is 46.0 Å². The Hall–Kier alpha value is -1.92. The molecule has 0 radical (unpaired) electrons. The van der Waals surface area contributed by atoms with Gasteiger partial charge in [0.05, 0.1) is 11.5 Å². The molecule has 0 aromatic heterocycles. The van der Waals surface area contributed by atoms with Gasteiger partial charge in [-0.15, -0.1) is 0 Å². The summed E-state index contributed by atoms with van der Waals surface area (Å²) in [5.74, 6) is 0.268. The highest BCUT2D eigenvalue weighted by molar-refractivity contribution is 5.48. The second-order valence-corrected chi connectivity index (χ2v) is 4.47. The van der Waals surface area contributed by atoms with Crippen LogP contribution in [-0.2, 0) is 11.3 Å². The Morgan fingerprint density at radius 3 is 2.85 bits per heavy atom. The average molecular weight is 280 g/mol.